The van der Waals surface area contributed by atoms with E-state index < -0.39 is 0 Å². The highest BCUT2D eigenvalue weighted by molar-refractivity contribution is 7.09. The SMILES string of the molecule is CCCNC(=O)CNCCc1csc(C)n1. The lowest BCUT2D eigenvalue weighted by molar-refractivity contribution is -0.120. The summed E-state index contributed by atoms with van der Waals surface area (Å²) in [7, 11) is 0. The van der Waals surface area contributed by atoms with Crippen molar-refractivity contribution in [3.63, 3.8) is 0 Å². The van der Waals surface area contributed by atoms with Crippen LogP contribution < -0.4 is 10.6 Å². The quantitative estimate of drug-likeness (QED) is 0.703. The molecule has 0 aliphatic rings. The number of aryl methyl sites for hydroxylation is 1. The summed E-state index contributed by atoms with van der Waals surface area (Å²) in [5.41, 5.74) is 1.10. The standard InChI is InChI=1S/C11H19N3OS/c1-3-5-13-11(15)7-12-6-4-10-8-16-9(2)14-10/h8,12H,3-7H2,1-2H3,(H,13,15). The maximum Gasteiger partial charge on any atom is 0.233 e. The van der Waals surface area contributed by atoms with Gasteiger partial charge in [-0.3, -0.25) is 4.79 Å². The van der Waals surface area contributed by atoms with Crippen LogP contribution in [0, 0.1) is 6.92 Å². The molecule has 16 heavy (non-hydrogen) atoms. The Balaban J connectivity index is 2.05. The Kier molecular flexibility index (Phi) is 6.03. The van der Waals surface area contributed by atoms with Gasteiger partial charge >= 0.3 is 0 Å². The summed E-state index contributed by atoms with van der Waals surface area (Å²) in [5, 5.41) is 9.08. The van der Waals surface area contributed by atoms with Crippen molar-refractivity contribution in [3.05, 3.63) is 16.1 Å². The predicted molar refractivity (Wildman–Crippen MR) is 66.7 cm³/mol. The summed E-state index contributed by atoms with van der Waals surface area (Å²) >= 11 is 1.66. The fourth-order valence-electron chi connectivity index (χ4n) is 1.27. The van der Waals surface area contributed by atoms with Crippen molar-refractivity contribution in [2.45, 2.75) is 26.7 Å². The molecule has 0 bridgehead atoms. The van der Waals surface area contributed by atoms with Crippen LogP contribution in [0.15, 0.2) is 5.38 Å². The van der Waals surface area contributed by atoms with Crippen LogP contribution in [-0.2, 0) is 11.2 Å². The number of nitrogens with zero attached hydrogens (tertiary/aromatic N) is 1. The first-order valence-corrected chi connectivity index (χ1v) is 6.48. The molecule has 0 saturated heterocycles. The van der Waals surface area contributed by atoms with E-state index in [-0.39, 0.29) is 5.91 Å². The zero-order chi connectivity index (χ0) is 11.8. The summed E-state index contributed by atoms with van der Waals surface area (Å²) in [6.45, 7) is 5.98. The van der Waals surface area contributed by atoms with Gasteiger partial charge < -0.3 is 10.6 Å². The monoisotopic (exact) mass is 241 g/mol. The normalized spacial score (nSPS) is 10.4. The Labute approximate surface area is 100 Å². The Morgan fingerprint density at radius 1 is 1.50 bits per heavy atom. The van der Waals surface area contributed by atoms with Crippen molar-refractivity contribution in [3.8, 4) is 0 Å². The van der Waals surface area contributed by atoms with Crippen molar-refractivity contribution in [1.82, 2.24) is 15.6 Å². The van der Waals surface area contributed by atoms with Gasteiger partial charge in [0, 0.05) is 24.9 Å². The average molecular weight is 241 g/mol. The molecule has 4 nitrogen and oxygen atoms in total. The Hall–Kier alpha value is -0.940. The van der Waals surface area contributed by atoms with E-state index in [0.29, 0.717) is 6.54 Å². The summed E-state index contributed by atoms with van der Waals surface area (Å²) in [4.78, 5) is 15.6. The average Bonchev–Trinajstić information content (AvgIpc) is 2.67. The summed E-state index contributed by atoms with van der Waals surface area (Å²) in [6.07, 6.45) is 1.86. The van der Waals surface area contributed by atoms with Gasteiger partial charge in [0.05, 0.1) is 17.2 Å². The van der Waals surface area contributed by atoms with Gasteiger partial charge in [-0.25, -0.2) is 4.98 Å². The van der Waals surface area contributed by atoms with E-state index in [4.69, 9.17) is 0 Å². The van der Waals surface area contributed by atoms with E-state index >= 15 is 0 Å². The first-order valence-electron chi connectivity index (χ1n) is 5.60. The van der Waals surface area contributed by atoms with Gasteiger partial charge in [0.2, 0.25) is 5.91 Å². The number of carbonyl (C=O) groups is 1. The van der Waals surface area contributed by atoms with Crippen LogP contribution in [0.25, 0.3) is 0 Å². The minimum Gasteiger partial charge on any atom is -0.355 e. The van der Waals surface area contributed by atoms with E-state index in [2.05, 4.69) is 21.0 Å². The fourth-order valence-corrected chi connectivity index (χ4v) is 1.92. The van der Waals surface area contributed by atoms with E-state index in [1.165, 1.54) is 0 Å². The molecule has 1 aromatic rings. The van der Waals surface area contributed by atoms with Crippen molar-refractivity contribution >= 4 is 17.2 Å². The lowest BCUT2D eigenvalue weighted by atomic mass is 10.3. The molecule has 0 spiro atoms. The molecule has 0 aromatic carbocycles. The highest BCUT2D eigenvalue weighted by Crippen LogP contribution is 2.07. The molecule has 0 aliphatic carbocycles. The molecule has 0 atom stereocenters. The van der Waals surface area contributed by atoms with Crippen LogP contribution in [0.1, 0.15) is 24.0 Å². The van der Waals surface area contributed by atoms with Crippen molar-refractivity contribution in [2.75, 3.05) is 19.6 Å². The Bertz CT molecular complexity index is 325. The van der Waals surface area contributed by atoms with Gasteiger partial charge in [-0.15, -0.1) is 11.3 Å². The summed E-state index contributed by atoms with van der Waals surface area (Å²) in [5.74, 6) is 0.0660. The molecule has 0 unspecified atom stereocenters. The highest BCUT2D eigenvalue weighted by atomic mass is 32.1. The molecule has 1 aromatic heterocycles. The molecule has 1 rings (SSSR count). The first kappa shape index (κ1) is 13.1. The van der Waals surface area contributed by atoms with Crippen LogP contribution in [0.5, 0.6) is 0 Å². The van der Waals surface area contributed by atoms with Crippen molar-refractivity contribution < 1.29 is 4.79 Å². The number of hydrogen-bond donors (Lipinski definition) is 2. The minimum absolute atomic E-state index is 0.0660. The lowest BCUT2D eigenvalue weighted by Crippen LogP contribution is -2.35. The number of hydrogen-bond acceptors (Lipinski definition) is 4. The van der Waals surface area contributed by atoms with Gasteiger partial charge in [0.1, 0.15) is 0 Å². The van der Waals surface area contributed by atoms with Crippen LogP contribution in [-0.4, -0.2) is 30.5 Å². The third-order valence-electron chi connectivity index (χ3n) is 2.08. The lowest BCUT2D eigenvalue weighted by Gasteiger charge is -2.04. The number of thiazole rings is 1. The van der Waals surface area contributed by atoms with Crippen molar-refractivity contribution in [1.29, 1.82) is 0 Å². The van der Waals surface area contributed by atoms with Crippen LogP contribution >= 0.6 is 11.3 Å². The Morgan fingerprint density at radius 2 is 2.31 bits per heavy atom. The summed E-state index contributed by atoms with van der Waals surface area (Å²) < 4.78 is 0. The van der Waals surface area contributed by atoms with E-state index in [1.807, 2.05) is 13.8 Å². The second kappa shape index (κ2) is 7.35. The smallest absolute Gasteiger partial charge is 0.233 e. The number of rotatable bonds is 7. The van der Waals surface area contributed by atoms with Crippen LogP contribution in [0.4, 0.5) is 0 Å². The third-order valence-corrected chi connectivity index (χ3v) is 2.90. The molecular weight excluding hydrogens is 222 g/mol. The maximum atomic E-state index is 11.2. The fraction of sp³-hybridized carbons (Fsp3) is 0.636. The van der Waals surface area contributed by atoms with E-state index in [9.17, 15) is 4.79 Å². The molecule has 0 fully saturated rings. The Morgan fingerprint density at radius 3 is 2.94 bits per heavy atom. The second-order valence-electron chi connectivity index (χ2n) is 3.63. The largest absolute Gasteiger partial charge is 0.355 e. The van der Waals surface area contributed by atoms with Gasteiger partial charge in [0.15, 0.2) is 0 Å². The van der Waals surface area contributed by atoms with Crippen LogP contribution in [0.2, 0.25) is 0 Å². The number of nitrogens with one attached hydrogen (secondary N) is 2. The topological polar surface area (TPSA) is 54.0 Å². The number of carbonyl (C=O) groups excluding carboxylic acids is 1. The zero-order valence-corrected chi connectivity index (χ0v) is 10.7. The van der Waals surface area contributed by atoms with Gasteiger partial charge in [-0.1, -0.05) is 6.92 Å². The van der Waals surface area contributed by atoms with Crippen molar-refractivity contribution in [2.24, 2.45) is 0 Å². The van der Waals surface area contributed by atoms with E-state index in [1.54, 1.807) is 11.3 Å². The molecule has 2 N–H and O–H groups in total. The van der Waals surface area contributed by atoms with E-state index in [0.717, 1.165) is 36.6 Å². The molecular formula is C11H19N3OS. The van der Waals surface area contributed by atoms with Gasteiger partial charge in [-0.2, -0.15) is 0 Å². The van der Waals surface area contributed by atoms with Gasteiger partial charge in [0.25, 0.3) is 0 Å². The molecule has 90 valence electrons. The first-order chi connectivity index (χ1) is 7.72. The molecule has 1 amide bonds. The molecule has 1 heterocycles. The van der Waals surface area contributed by atoms with Crippen LogP contribution in [0.3, 0.4) is 0 Å². The van der Waals surface area contributed by atoms with Gasteiger partial charge in [-0.05, 0) is 13.3 Å². The second-order valence-corrected chi connectivity index (χ2v) is 4.70. The third kappa shape index (κ3) is 5.23. The molecule has 0 aliphatic heterocycles. The maximum absolute atomic E-state index is 11.2. The number of aromatic nitrogens is 1. The molecule has 5 heteroatoms. The predicted octanol–water partition coefficient (Wildman–Crippen LogP) is 1.11. The zero-order valence-electron chi connectivity index (χ0n) is 9.88. The highest BCUT2D eigenvalue weighted by Gasteiger charge is 2.00. The number of amides is 1. The molecule has 0 radical (unpaired) electrons. The molecule has 0 saturated carbocycles. The summed E-state index contributed by atoms with van der Waals surface area (Å²) in [6, 6.07) is 0. The minimum atomic E-state index is 0.0660.